The summed E-state index contributed by atoms with van der Waals surface area (Å²) in [6.45, 7) is 6.77. The molecule has 0 saturated carbocycles. The lowest BCUT2D eigenvalue weighted by molar-refractivity contribution is -0.0539. The molecule has 1 aromatic carbocycles. The smallest absolute Gasteiger partial charge is 0.411 e. The quantitative estimate of drug-likeness (QED) is 0.739. The van der Waals surface area contributed by atoms with Gasteiger partial charge in [0.25, 0.3) is 0 Å². The van der Waals surface area contributed by atoms with Crippen LogP contribution in [0.1, 0.15) is 32.8 Å². The lowest BCUT2D eigenvalue weighted by atomic mass is 9.80. The van der Waals surface area contributed by atoms with Gasteiger partial charge in [-0.25, -0.2) is 4.79 Å². The highest BCUT2D eigenvalue weighted by Crippen LogP contribution is 2.50. The summed E-state index contributed by atoms with van der Waals surface area (Å²) in [6, 6.07) is 5.58. The molecule has 3 rings (SSSR count). The van der Waals surface area contributed by atoms with Crippen LogP contribution in [0.25, 0.3) is 0 Å². The fourth-order valence-corrected chi connectivity index (χ4v) is 2.82. The zero-order valence-corrected chi connectivity index (χ0v) is 12.1. The maximum absolute atomic E-state index is 12.3. The number of fused-ring (bicyclic) bond motifs is 2. The van der Waals surface area contributed by atoms with Crippen LogP contribution >= 0.6 is 0 Å². The van der Waals surface area contributed by atoms with E-state index in [2.05, 4.69) is 0 Å². The maximum Gasteiger partial charge on any atom is 0.411 e. The van der Waals surface area contributed by atoms with Gasteiger partial charge in [0, 0.05) is 17.8 Å². The molecule has 5 nitrogen and oxygen atoms in total. The van der Waals surface area contributed by atoms with Crippen LogP contribution in [0, 0.1) is 0 Å². The molecule has 1 aromatic rings. The number of hydrogen-bond donors (Lipinski definition) is 1. The summed E-state index contributed by atoms with van der Waals surface area (Å²) in [5, 5.41) is 0. The maximum atomic E-state index is 12.3. The van der Waals surface area contributed by atoms with Crippen molar-refractivity contribution in [1.29, 1.82) is 0 Å². The number of rotatable bonds is 0. The molecule has 2 aliphatic rings. The van der Waals surface area contributed by atoms with E-state index in [4.69, 9.17) is 15.2 Å². The Morgan fingerprint density at radius 2 is 2.20 bits per heavy atom. The summed E-state index contributed by atoms with van der Waals surface area (Å²) in [5.74, 6) is 0.812. The zero-order valence-electron chi connectivity index (χ0n) is 12.1. The number of nitrogens with zero attached hydrogens (tertiary/aromatic N) is 1. The SMILES string of the molecule is CC(C)(C)OC(=O)N1CC[C@@]12COc1ccc(N)cc12. The molecule has 2 N–H and O–H groups in total. The molecule has 108 valence electrons. The van der Waals surface area contributed by atoms with Gasteiger partial charge in [0.1, 0.15) is 23.5 Å². The number of nitrogens with two attached hydrogens (primary N) is 1. The molecule has 0 bridgehead atoms. The molecule has 1 atom stereocenters. The number of carbonyl (C=O) groups excluding carboxylic acids is 1. The molecule has 1 saturated heterocycles. The number of carbonyl (C=O) groups is 1. The summed E-state index contributed by atoms with van der Waals surface area (Å²) < 4.78 is 11.2. The predicted molar refractivity (Wildman–Crippen MR) is 75.6 cm³/mol. The first kappa shape index (κ1) is 13.1. The second-order valence-corrected chi connectivity index (χ2v) is 6.46. The van der Waals surface area contributed by atoms with Crippen LogP contribution in [0.2, 0.25) is 0 Å². The topological polar surface area (TPSA) is 64.8 Å². The summed E-state index contributed by atoms with van der Waals surface area (Å²) >= 11 is 0. The predicted octanol–water partition coefficient (Wildman–Crippen LogP) is 2.50. The number of hydrogen-bond acceptors (Lipinski definition) is 4. The third kappa shape index (κ3) is 1.88. The summed E-state index contributed by atoms with van der Waals surface area (Å²) in [4.78, 5) is 14.1. The second kappa shape index (κ2) is 4.04. The first-order valence-corrected chi connectivity index (χ1v) is 6.85. The molecule has 0 aliphatic carbocycles. The molecule has 5 heteroatoms. The van der Waals surface area contributed by atoms with E-state index in [9.17, 15) is 4.79 Å². The van der Waals surface area contributed by atoms with Crippen molar-refractivity contribution < 1.29 is 14.3 Å². The molecular weight excluding hydrogens is 256 g/mol. The molecule has 0 unspecified atom stereocenters. The normalized spacial score (nSPS) is 24.1. The second-order valence-electron chi connectivity index (χ2n) is 6.46. The minimum absolute atomic E-state index is 0.289. The Hall–Kier alpha value is -1.91. The van der Waals surface area contributed by atoms with Gasteiger partial charge >= 0.3 is 6.09 Å². The Balaban J connectivity index is 1.89. The first-order chi connectivity index (χ1) is 9.32. The highest BCUT2D eigenvalue weighted by atomic mass is 16.6. The first-order valence-electron chi connectivity index (χ1n) is 6.85. The lowest BCUT2D eigenvalue weighted by Crippen LogP contribution is -2.61. The fraction of sp³-hybridized carbons (Fsp3) is 0.533. The molecule has 20 heavy (non-hydrogen) atoms. The van der Waals surface area contributed by atoms with Gasteiger partial charge in [-0.3, -0.25) is 4.90 Å². The Morgan fingerprint density at radius 3 is 2.80 bits per heavy atom. The van der Waals surface area contributed by atoms with Gasteiger partial charge in [-0.1, -0.05) is 0 Å². The van der Waals surface area contributed by atoms with E-state index < -0.39 is 11.1 Å². The van der Waals surface area contributed by atoms with Crippen molar-refractivity contribution in [3.63, 3.8) is 0 Å². The van der Waals surface area contributed by atoms with Gasteiger partial charge in [0.15, 0.2) is 0 Å². The van der Waals surface area contributed by atoms with Crippen molar-refractivity contribution in [3.05, 3.63) is 23.8 Å². The highest BCUT2D eigenvalue weighted by Gasteiger charge is 2.55. The van der Waals surface area contributed by atoms with Crippen LogP contribution in [-0.2, 0) is 10.3 Å². The van der Waals surface area contributed by atoms with E-state index in [-0.39, 0.29) is 6.09 Å². The third-order valence-corrected chi connectivity index (χ3v) is 3.85. The van der Waals surface area contributed by atoms with Crippen molar-refractivity contribution in [2.45, 2.75) is 38.3 Å². The van der Waals surface area contributed by atoms with Crippen LogP contribution in [0.4, 0.5) is 10.5 Å². The van der Waals surface area contributed by atoms with Crippen LogP contribution in [0.5, 0.6) is 5.75 Å². The van der Waals surface area contributed by atoms with Gasteiger partial charge in [-0.05, 0) is 45.4 Å². The van der Waals surface area contributed by atoms with Crippen LogP contribution < -0.4 is 10.5 Å². The summed E-state index contributed by atoms with van der Waals surface area (Å²) in [6.07, 6.45) is 0.588. The standard InChI is InChI=1S/C15H20N2O3/c1-14(2,3)20-13(18)17-7-6-15(17)9-19-12-5-4-10(16)8-11(12)15/h4-5,8H,6-7,9,16H2,1-3H3/t15-/m0/s1. The molecule has 1 spiro atoms. The number of amides is 1. The van der Waals surface area contributed by atoms with E-state index in [1.54, 1.807) is 4.90 Å². The van der Waals surface area contributed by atoms with Gasteiger partial charge in [-0.15, -0.1) is 0 Å². The Morgan fingerprint density at radius 1 is 1.45 bits per heavy atom. The van der Waals surface area contributed by atoms with Gasteiger partial charge in [0.2, 0.25) is 0 Å². The van der Waals surface area contributed by atoms with Gasteiger partial charge in [0.05, 0.1) is 0 Å². The largest absolute Gasteiger partial charge is 0.490 e. The van der Waals surface area contributed by atoms with E-state index in [1.165, 1.54) is 0 Å². The van der Waals surface area contributed by atoms with E-state index in [0.29, 0.717) is 18.8 Å². The average molecular weight is 276 g/mol. The number of anilines is 1. The number of likely N-dealkylation sites (tertiary alicyclic amines) is 1. The average Bonchev–Trinajstić information content (AvgIpc) is 2.65. The van der Waals surface area contributed by atoms with E-state index >= 15 is 0 Å². The van der Waals surface area contributed by atoms with Crippen molar-refractivity contribution in [1.82, 2.24) is 4.90 Å². The monoisotopic (exact) mass is 276 g/mol. The molecule has 1 amide bonds. The molecule has 0 radical (unpaired) electrons. The molecule has 2 heterocycles. The molecular formula is C15H20N2O3. The van der Waals surface area contributed by atoms with Crippen molar-refractivity contribution in [2.24, 2.45) is 0 Å². The van der Waals surface area contributed by atoms with Gasteiger partial charge < -0.3 is 15.2 Å². The van der Waals surface area contributed by atoms with Crippen molar-refractivity contribution in [3.8, 4) is 5.75 Å². The van der Waals surface area contributed by atoms with Crippen LogP contribution in [0.3, 0.4) is 0 Å². The van der Waals surface area contributed by atoms with E-state index in [0.717, 1.165) is 17.7 Å². The lowest BCUT2D eigenvalue weighted by Gasteiger charge is -2.49. The number of nitrogen functional groups attached to an aromatic ring is 1. The molecule has 1 fully saturated rings. The number of benzene rings is 1. The van der Waals surface area contributed by atoms with Crippen molar-refractivity contribution in [2.75, 3.05) is 18.9 Å². The summed E-state index contributed by atoms with van der Waals surface area (Å²) in [5.41, 5.74) is 6.65. The Kier molecular flexibility index (Phi) is 2.64. The zero-order chi connectivity index (χ0) is 14.5. The number of ether oxygens (including phenoxy) is 2. The molecule has 0 aromatic heterocycles. The van der Waals surface area contributed by atoms with Crippen molar-refractivity contribution >= 4 is 11.8 Å². The fourth-order valence-electron chi connectivity index (χ4n) is 2.82. The van der Waals surface area contributed by atoms with Gasteiger partial charge in [-0.2, -0.15) is 0 Å². The van der Waals surface area contributed by atoms with Crippen LogP contribution in [0.15, 0.2) is 18.2 Å². The highest BCUT2D eigenvalue weighted by molar-refractivity contribution is 5.72. The minimum Gasteiger partial charge on any atom is -0.490 e. The minimum atomic E-state index is -0.494. The third-order valence-electron chi connectivity index (χ3n) is 3.85. The molecule has 2 aliphatic heterocycles. The Bertz CT molecular complexity index is 565. The van der Waals surface area contributed by atoms with Crippen LogP contribution in [-0.4, -0.2) is 29.7 Å². The van der Waals surface area contributed by atoms with E-state index in [1.807, 2.05) is 39.0 Å². The Labute approximate surface area is 118 Å². The summed E-state index contributed by atoms with van der Waals surface area (Å²) in [7, 11) is 0.